The molecule has 188 valence electrons. The Labute approximate surface area is 201 Å². The SMILES string of the molecule is CC(CNS(=O)(=O)C(C)C)C1CC=C(c2ccc(CCNS(=O)(=O)NC(C)(C)C)cc2)CC1. The third-order valence-electron chi connectivity index (χ3n) is 5.95. The van der Waals surface area contributed by atoms with Crippen LogP contribution < -0.4 is 14.2 Å². The average molecular weight is 500 g/mol. The van der Waals surface area contributed by atoms with E-state index in [2.05, 4.69) is 51.4 Å². The maximum atomic E-state index is 12.0. The lowest BCUT2D eigenvalue weighted by atomic mass is 9.80. The van der Waals surface area contributed by atoms with E-state index in [1.54, 1.807) is 13.8 Å². The van der Waals surface area contributed by atoms with E-state index in [0.717, 1.165) is 24.8 Å². The quantitative estimate of drug-likeness (QED) is 0.433. The molecule has 0 amide bonds. The minimum atomic E-state index is -3.51. The van der Waals surface area contributed by atoms with Crippen molar-refractivity contribution in [2.45, 2.75) is 78.0 Å². The zero-order valence-corrected chi connectivity index (χ0v) is 22.4. The lowest BCUT2D eigenvalue weighted by Crippen LogP contribution is -2.47. The molecule has 9 heteroatoms. The molecule has 2 unspecified atom stereocenters. The molecule has 1 aromatic carbocycles. The van der Waals surface area contributed by atoms with Gasteiger partial charge >= 0.3 is 0 Å². The van der Waals surface area contributed by atoms with E-state index in [1.807, 2.05) is 20.8 Å². The average Bonchev–Trinajstić information content (AvgIpc) is 2.71. The van der Waals surface area contributed by atoms with E-state index in [9.17, 15) is 16.8 Å². The Morgan fingerprint density at radius 1 is 1.00 bits per heavy atom. The van der Waals surface area contributed by atoms with Crippen molar-refractivity contribution >= 4 is 25.8 Å². The van der Waals surface area contributed by atoms with Gasteiger partial charge in [-0.25, -0.2) is 17.9 Å². The first-order valence-corrected chi connectivity index (χ1v) is 14.8. The normalized spacial score (nSPS) is 18.9. The van der Waals surface area contributed by atoms with Crippen LogP contribution in [0, 0.1) is 11.8 Å². The molecule has 0 spiro atoms. The van der Waals surface area contributed by atoms with Gasteiger partial charge in [0.1, 0.15) is 0 Å². The Kier molecular flexibility index (Phi) is 9.70. The summed E-state index contributed by atoms with van der Waals surface area (Å²) in [5.41, 5.74) is 3.08. The molecule has 0 saturated carbocycles. The molecular formula is C24H41N3O4S2. The van der Waals surface area contributed by atoms with Gasteiger partial charge in [-0.15, -0.1) is 0 Å². The van der Waals surface area contributed by atoms with Crippen LogP contribution >= 0.6 is 0 Å². The van der Waals surface area contributed by atoms with Crippen molar-refractivity contribution in [1.82, 2.24) is 14.2 Å². The third-order valence-corrected chi connectivity index (χ3v) is 9.23. The second-order valence-electron chi connectivity index (χ2n) is 10.4. The number of allylic oxidation sites excluding steroid dienone is 2. The largest absolute Gasteiger partial charge is 0.277 e. The fourth-order valence-electron chi connectivity index (χ4n) is 3.87. The van der Waals surface area contributed by atoms with Crippen LogP contribution in [0.4, 0.5) is 0 Å². The highest BCUT2D eigenvalue weighted by Crippen LogP contribution is 2.34. The molecule has 7 nitrogen and oxygen atoms in total. The summed E-state index contributed by atoms with van der Waals surface area (Å²) >= 11 is 0. The maximum absolute atomic E-state index is 12.0. The topological polar surface area (TPSA) is 104 Å². The number of sulfonamides is 1. The van der Waals surface area contributed by atoms with Crippen molar-refractivity contribution in [3.05, 3.63) is 41.5 Å². The minimum absolute atomic E-state index is 0.287. The molecule has 0 fully saturated rings. The van der Waals surface area contributed by atoms with Crippen LogP contribution in [-0.4, -0.2) is 40.7 Å². The fraction of sp³-hybridized carbons (Fsp3) is 0.667. The van der Waals surface area contributed by atoms with Gasteiger partial charge in [-0.3, -0.25) is 0 Å². The highest BCUT2D eigenvalue weighted by molar-refractivity contribution is 7.90. The number of hydrogen-bond donors (Lipinski definition) is 3. The second-order valence-corrected chi connectivity index (χ2v) is 14.2. The fourth-order valence-corrected chi connectivity index (χ4v) is 5.95. The van der Waals surface area contributed by atoms with Gasteiger partial charge < -0.3 is 0 Å². The Hall–Kier alpha value is -1.26. The summed E-state index contributed by atoms with van der Waals surface area (Å²) in [4.78, 5) is 0. The molecule has 0 aromatic heterocycles. The molecule has 0 aliphatic heterocycles. The van der Waals surface area contributed by atoms with Gasteiger partial charge in [0.05, 0.1) is 5.25 Å². The highest BCUT2D eigenvalue weighted by Gasteiger charge is 2.24. The van der Waals surface area contributed by atoms with E-state index < -0.39 is 31.0 Å². The van der Waals surface area contributed by atoms with E-state index in [0.29, 0.717) is 25.4 Å². The van der Waals surface area contributed by atoms with Crippen molar-refractivity contribution in [3.63, 3.8) is 0 Å². The summed E-state index contributed by atoms with van der Waals surface area (Å²) in [7, 11) is -6.73. The van der Waals surface area contributed by atoms with Crippen molar-refractivity contribution in [1.29, 1.82) is 0 Å². The summed E-state index contributed by atoms with van der Waals surface area (Å²) < 4.78 is 56.0. The van der Waals surface area contributed by atoms with Crippen molar-refractivity contribution in [2.24, 2.45) is 11.8 Å². The predicted octanol–water partition coefficient (Wildman–Crippen LogP) is 3.60. The Morgan fingerprint density at radius 2 is 1.64 bits per heavy atom. The first-order chi connectivity index (χ1) is 15.2. The van der Waals surface area contributed by atoms with Crippen LogP contribution in [0.5, 0.6) is 0 Å². The van der Waals surface area contributed by atoms with Gasteiger partial charge in [0.15, 0.2) is 0 Å². The molecule has 0 bridgehead atoms. The molecule has 1 aliphatic carbocycles. The molecule has 0 heterocycles. The lowest BCUT2D eigenvalue weighted by Gasteiger charge is -2.28. The predicted molar refractivity (Wildman–Crippen MR) is 136 cm³/mol. The molecule has 0 radical (unpaired) electrons. The van der Waals surface area contributed by atoms with Gasteiger partial charge in [0.2, 0.25) is 10.0 Å². The Bertz CT molecular complexity index is 1010. The zero-order chi connectivity index (χ0) is 24.9. The molecule has 0 saturated heterocycles. The van der Waals surface area contributed by atoms with Crippen LogP contribution in [0.3, 0.4) is 0 Å². The second kappa shape index (κ2) is 11.4. The highest BCUT2D eigenvalue weighted by atomic mass is 32.2. The standard InChI is InChI=1S/C24H41N3O4S2/c1-18(2)32(28,29)26-17-19(3)21-11-13-23(14-12-21)22-9-7-20(8-10-22)15-16-25-33(30,31)27-24(4,5)6/h7-10,13,18-19,21,25-27H,11-12,14-17H2,1-6H3. The van der Waals surface area contributed by atoms with E-state index in [-0.39, 0.29) is 5.92 Å². The maximum Gasteiger partial charge on any atom is 0.277 e. The smallest absolute Gasteiger partial charge is 0.215 e. The van der Waals surface area contributed by atoms with E-state index in [4.69, 9.17) is 0 Å². The summed E-state index contributed by atoms with van der Waals surface area (Å²) in [5.74, 6) is 0.757. The summed E-state index contributed by atoms with van der Waals surface area (Å²) in [5, 5.41) is -0.411. The summed E-state index contributed by atoms with van der Waals surface area (Å²) in [6.45, 7) is 11.7. The van der Waals surface area contributed by atoms with Crippen LogP contribution in [0.15, 0.2) is 30.3 Å². The lowest BCUT2D eigenvalue weighted by molar-refractivity contribution is 0.334. The van der Waals surface area contributed by atoms with Gasteiger partial charge in [0.25, 0.3) is 10.2 Å². The number of hydrogen-bond acceptors (Lipinski definition) is 4. The van der Waals surface area contributed by atoms with Crippen LogP contribution in [-0.2, 0) is 26.7 Å². The minimum Gasteiger partial charge on any atom is -0.215 e. The van der Waals surface area contributed by atoms with E-state index >= 15 is 0 Å². The van der Waals surface area contributed by atoms with Gasteiger partial charge in [-0.05, 0) is 88.8 Å². The number of rotatable bonds is 11. The molecule has 1 aromatic rings. The molecule has 33 heavy (non-hydrogen) atoms. The first-order valence-electron chi connectivity index (χ1n) is 11.7. The zero-order valence-electron chi connectivity index (χ0n) is 20.8. The summed E-state index contributed by atoms with van der Waals surface area (Å²) in [6.07, 6.45) is 5.87. The molecular weight excluding hydrogens is 458 g/mol. The van der Waals surface area contributed by atoms with Gasteiger partial charge in [-0.1, -0.05) is 37.3 Å². The number of benzene rings is 1. The summed E-state index contributed by atoms with van der Waals surface area (Å²) in [6, 6.07) is 8.31. The first kappa shape index (κ1) is 28.0. The monoisotopic (exact) mass is 499 g/mol. The van der Waals surface area contributed by atoms with Crippen LogP contribution in [0.1, 0.15) is 71.9 Å². The Morgan fingerprint density at radius 3 is 2.15 bits per heavy atom. The molecule has 1 aliphatic rings. The van der Waals surface area contributed by atoms with Crippen molar-refractivity contribution in [2.75, 3.05) is 13.1 Å². The van der Waals surface area contributed by atoms with E-state index in [1.165, 1.54) is 11.1 Å². The van der Waals surface area contributed by atoms with Gasteiger partial charge in [0, 0.05) is 18.6 Å². The van der Waals surface area contributed by atoms with Crippen molar-refractivity contribution in [3.8, 4) is 0 Å². The molecule has 2 atom stereocenters. The molecule has 3 N–H and O–H groups in total. The van der Waals surface area contributed by atoms with Crippen LogP contribution in [0.2, 0.25) is 0 Å². The molecule has 2 rings (SSSR count). The van der Waals surface area contributed by atoms with Crippen molar-refractivity contribution < 1.29 is 16.8 Å². The number of nitrogens with one attached hydrogen (secondary N) is 3. The van der Waals surface area contributed by atoms with Crippen LogP contribution in [0.25, 0.3) is 5.57 Å². The Balaban J connectivity index is 1.85. The van der Waals surface area contributed by atoms with Gasteiger partial charge in [-0.2, -0.15) is 13.1 Å². The third kappa shape index (κ3) is 9.48.